The normalized spacial score (nSPS) is 10.9. The van der Waals surface area contributed by atoms with Gasteiger partial charge in [-0.1, -0.05) is 25.5 Å². The topological polar surface area (TPSA) is 33.4 Å². The van der Waals surface area contributed by atoms with E-state index in [-0.39, 0.29) is 5.91 Å². The molecule has 0 atom stereocenters. The Morgan fingerprint density at radius 3 is 2.55 bits per heavy atom. The number of aryl methyl sites for hydroxylation is 1. The van der Waals surface area contributed by atoms with Crippen LogP contribution < -0.4 is 14.2 Å². The van der Waals surface area contributed by atoms with Crippen LogP contribution in [0.5, 0.6) is 5.75 Å². The maximum atomic E-state index is 12.7. The van der Waals surface area contributed by atoms with Gasteiger partial charge in [0.15, 0.2) is 6.20 Å². The van der Waals surface area contributed by atoms with Crippen LogP contribution in [0.25, 0.3) is 10.9 Å². The number of hydrogen-bond donors (Lipinski definition) is 0. The molecule has 0 aliphatic carbocycles. The van der Waals surface area contributed by atoms with Crippen molar-refractivity contribution in [2.45, 2.75) is 37.6 Å². The number of unbranched alkanes of at least 4 members (excludes halogenated alkanes) is 2. The molecule has 3 rings (SSSR count). The number of carbonyl (C=O) groups is 1. The molecular weight excluding hydrogens is 380 g/mol. The Hall–Kier alpha value is -2.53. The van der Waals surface area contributed by atoms with Gasteiger partial charge in [0, 0.05) is 36.2 Å². The molecule has 0 fully saturated rings. The number of methoxy groups -OCH3 is 1. The Bertz CT molecular complexity index is 957. The molecule has 0 saturated carbocycles. The van der Waals surface area contributed by atoms with E-state index in [9.17, 15) is 4.79 Å². The predicted octanol–water partition coefficient (Wildman–Crippen LogP) is 5.08. The van der Waals surface area contributed by atoms with Crippen LogP contribution in [0.2, 0.25) is 0 Å². The third-order valence-electron chi connectivity index (χ3n) is 5.07. The van der Waals surface area contributed by atoms with Gasteiger partial charge in [-0.05, 0) is 36.8 Å². The summed E-state index contributed by atoms with van der Waals surface area (Å²) in [4.78, 5) is 15.6. The molecule has 1 amide bonds. The van der Waals surface area contributed by atoms with E-state index in [0.717, 1.165) is 22.9 Å². The number of carbonyl (C=O) groups excluding carboxylic acids is 1. The van der Waals surface area contributed by atoms with Crippen LogP contribution in [0.1, 0.15) is 26.2 Å². The molecular formula is C24H29N2O2S+. The number of rotatable bonds is 9. The van der Waals surface area contributed by atoms with E-state index in [1.165, 1.54) is 30.2 Å². The number of pyridine rings is 1. The molecule has 152 valence electrons. The van der Waals surface area contributed by atoms with Crippen LogP contribution in [0.3, 0.4) is 0 Å². The molecule has 0 aliphatic rings. The second-order valence-corrected chi connectivity index (χ2v) is 8.05. The number of para-hydroxylation sites is 1. The summed E-state index contributed by atoms with van der Waals surface area (Å²) in [6.45, 7) is 3.25. The summed E-state index contributed by atoms with van der Waals surface area (Å²) < 4.78 is 7.51. The van der Waals surface area contributed by atoms with Crippen molar-refractivity contribution in [1.29, 1.82) is 0 Å². The number of nitrogens with zero attached hydrogens (tertiary/aromatic N) is 2. The van der Waals surface area contributed by atoms with Gasteiger partial charge in [0.25, 0.3) is 0 Å². The van der Waals surface area contributed by atoms with Crippen molar-refractivity contribution in [2.75, 3.05) is 24.8 Å². The third-order valence-corrected chi connectivity index (χ3v) is 6.13. The van der Waals surface area contributed by atoms with Gasteiger partial charge >= 0.3 is 0 Å². The second kappa shape index (κ2) is 10.3. The number of thioether (sulfide) groups is 1. The summed E-state index contributed by atoms with van der Waals surface area (Å²) >= 11 is 1.60. The van der Waals surface area contributed by atoms with E-state index in [0.29, 0.717) is 5.75 Å². The number of amides is 1. The fourth-order valence-corrected chi connectivity index (χ4v) is 4.26. The Kier molecular flexibility index (Phi) is 7.53. The number of aromatic nitrogens is 1. The molecule has 29 heavy (non-hydrogen) atoms. The molecule has 0 radical (unpaired) electrons. The van der Waals surface area contributed by atoms with Gasteiger partial charge in [-0.2, -0.15) is 4.57 Å². The van der Waals surface area contributed by atoms with Gasteiger partial charge in [-0.25, -0.2) is 0 Å². The average Bonchev–Trinajstić information content (AvgIpc) is 2.77. The van der Waals surface area contributed by atoms with Gasteiger partial charge < -0.3 is 9.64 Å². The summed E-state index contributed by atoms with van der Waals surface area (Å²) in [5, 5.41) is 1.20. The van der Waals surface area contributed by atoms with E-state index in [1.807, 2.05) is 31.3 Å². The van der Waals surface area contributed by atoms with Gasteiger partial charge in [0.05, 0.1) is 18.2 Å². The smallest absolute Gasteiger partial charge is 0.237 e. The summed E-state index contributed by atoms with van der Waals surface area (Å²) in [5.41, 5.74) is 2.09. The molecule has 0 bridgehead atoms. The Morgan fingerprint density at radius 1 is 1.07 bits per heavy atom. The van der Waals surface area contributed by atoms with Crippen molar-refractivity contribution < 1.29 is 14.1 Å². The fraction of sp³-hybridized carbons (Fsp3) is 0.333. The predicted molar refractivity (Wildman–Crippen MR) is 121 cm³/mol. The van der Waals surface area contributed by atoms with Gasteiger partial charge in [0.1, 0.15) is 12.3 Å². The number of fused-ring (bicyclic) bond motifs is 1. The van der Waals surface area contributed by atoms with Crippen molar-refractivity contribution in [3.05, 3.63) is 60.8 Å². The van der Waals surface area contributed by atoms with Crippen molar-refractivity contribution in [3.63, 3.8) is 0 Å². The Balaban J connectivity index is 1.71. The zero-order chi connectivity index (χ0) is 20.6. The first-order valence-corrected chi connectivity index (χ1v) is 11.1. The summed E-state index contributed by atoms with van der Waals surface area (Å²) in [5.74, 6) is 1.25. The molecule has 0 saturated heterocycles. The molecule has 0 unspecified atom stereocenters. The van der Waals surface area contributed by atoms with E-state index in [2.05, 4.69) is 48.0 Å². The van der Waals surface area contributed by atoms with Crippen LogP contribution in [0.4, 0.5) is 5.69 Å². The van der Waals surface area contributed by atoms with Crippen molar-refractivity contribution in [3.8, 4) is 5.75 Å². The van der Waals surface area contributed by atoms with Crippen molar-refractivity contribution in [2.24, 2.45) is 0 Å². The van der Waals surface area contributed by atoms with Crippen LogP contribution in [0.15, 0.2) is 65.7 Å². The molecule has 0 spiro atoms. The highest BCUT2D eigenvalue weighted by molar-refractivity contribution is 8.00. The number of anilines is 1. The third kappa shape index (κ3) is 5.30. The summed E-state index contributed by atoms with van der Waals surface area (Å²) in [7, 11) is 3.45. The lowest BCUT2D eigenvalue weighted by Crippen LogP contribution is -2.34. The first-order valence-electron chi connectivity index (χ1n) is 10.1. The van der Waals surface area contributed by atoms with Crippen LogP contribution >= 0.6 is 11.8 Å². The van der Waals surface area contributed by atoms with Crippen LogP contribution in [0, 0.1) is 0 Å². The highest BCUT2D eigenvalue weighted by Gasteiger charge is 2.16. The monoisotopic (exact) mass is 409 g/mol. The second-order valence-electron chi connectivity index (χ2n) is 7.04. The maximum absolute atomic E-state index is 12.7. The minimum Gasteiger partial charge on any atom is -0.497 e. The zero-order valence-corrected chi connectivity index (χ0v) is 18.2. The lowest BCUT2D eigenvalue weighted by atomic mass is 10.2. The number of hydrogen-bond acceptors (Lipinski definition) is 3. The van der Waals surface area contributed by atoms with E-state index >= 15 is 0 Å². The van der Waals surface area contributed by atoms with E-state index in [4.69, 9.17) is 4.74 Å². The SMILES string of the molecule is CCCCC[n+]1ccc(SCC(=O)N(C)c2ccc(OC)cc2)c2ccccc21. The zero-order valence-electron chi connectivity index (χ0n) is 17.4. The minimum absolute atomic E-state index is 0.0731. The quantitative estimate of drug-likeness (QED) is 0.281. The van der Waals surface area contributed by atoms with E-state index in [1.54, 1.807) is 23.8 Å². The molecule has 3 aromatic rings. The Morgan fingerprint density at radius 2 is 1.83 bits per heavy atom. The van der Waals surface area contributed by atoms with Gasteiger partial charge in [-0.3, -0.25) is 4.79 Å². The molecule has 0 aliphatic heterocycles. The van der Waals surface area contributed by atoms with Gasteiger partial charge in [0.2, 0.25) is 11.4 Å². The highest BCUT2D eigenvalue weighted by Crippen LogP contribution is 2.27. The van der Waals surface area contributed by atoms with E-state index < -0.39 is 0 Å². The summed E-state index contributed by atoms with van der Waals surface area (Å²) in [6.07, 6.45) is 5.79. The number of ether oxygens (including phenoxy) is 1. The lowest BCUT2D eigenvalue weighted by Gasteiger charge is -2.17. The summed E-state index contributed by atoms with van der Waals surface area (Å²) in [6, 6.07) is 18.1. The average molecular weight is 410 g/mol. The lowest BCUT2D eigenvalue weighted by molar-refractivity contribution is -0.672. The molecule has 1 heterocycles. The maximum Gasteiger partial charge on any atom is 0.237 e. The molecule has 4 nitrogen and oxygen atoms in total. The molecule has 0 N–H and O–H groups in total. The Labute approximate surface area is 177 Å². The highest BCUT2D eigenvalue weighted by atomic mass is 32.2. The molecule has 5 heteroatoms. The molecule has 1 aromatic heterocycles. The van der Waals surface area contributed by atoms with Gasteiger partial charge in [-0.15, -0.1) is 11.8 Å². The minimum atomic E-state index is 0.0731. The van der Waals surface area contributed by atoms with Crippen LogP contribution in [-0.4, -0.2) is 25.8 Å². The fourth-order valence-electron chi connectivity index (χ4n) is 3.30. The first-order chi connectivity index (χ1) is 14.1. The first kappa shape index (κ1) is 21.2. The van der Waals surface area contributed by atoms with Crippen LogP contribution in [-0.2, 0) is 11.3 Å². The van der Waals surface area contributed by atoms with Crippen molar-refractivity contribution in [1.82, 2.24) is 0 Å². The molecule has 2 aromatic carbocycles. The van der Waals surface area contributed by atoms with Crippen molar-refractivity contribution >= 4 is 34.3 Å². The largest absolute Gasteiger partial charge is 0.497 e. The number of benzene rings is 2. The standard InChI is InChI=1S/C24H29N2O2S/c1-4-5-8-16-26-17-15-23(21-9-6-7-10-22(21)26)29-18-24(27)25(2)19-11-13-20(28-3)14-12-19/h6-7,9-15,17H,4-5,8,16,18H2,1-3H3/q+1.